The molecule has 2 aromatic rings. The molecule has 27 heavy (non-hydrogen) atoms. The van der Waals surface area contributed by atoms with Gasteiger partial charge in [0.05, 0.1) is 18.0 Å². The lowest BCUT2D eigenvalue weighted by atomic mass is 9.99. The highest BCUT2D eigenvalue weighted by atomic mass is 32.1. The van der Waals surface area contributed by atoms with Crippen LogP contribution in [0.2, 0.25) is 0 Å². The third kappa shape index (κ3) is 3.32. The lowest BCUT2D eigenvalue weighted by Crippen LogP contribution is -2.44. The third-order valence-electron chi connectivity index (χ3n) is 5.26. The highest BCUT2D eigenvalue weighted by Gasteiger charge is 2.40. The number of ketones is 1. The second kappa shape index (κ2) is 7.31. The number of aromatic nitrogens is 1. The topological polar surface area (TPSA) is 68.6 Å². The second-order valence-electron chi connectivity index (χ2n) is 6.95. The van der Waals surface area contributed by atoms with Crippen LogP contribution >= 0.6 is 11.3 Å². The van der Waals surface area contributed by atoms with Crippen LogP contribution in [0.4, 0.5) is 0 Å². The van der Waals surface area contributed by atoms with E-state index in [-0.39, 0.29) is 17.7 Å². The standard InChI is InChI=1S/C20H24N2O4S/c1-11-16(12(2)21(4)17(11)20(25)26-5)18(23)13(3)22(14-8-9-14)19(24)15-7-6-10-27-15/h6-7,10,13-14H,8-9H2,1-5H3/t13-/m0/s1. The van der Waals surface area contributed by atoms with E-state index in [2.05, 4.69) is 0 Å². The van der Waals surface area contributed by atoms with Crippen LogP contribution in [-0.2, 0) is 11.8 Å². The van der Waals surface area contributed by atoms with Crippen molar-refractivity contribution >= 4 is 29.0 Å². The number of hydrogen-bond acceptors (Lipinski definition) is 5. The van der Waals surface area contributed by atoms with Crippen LogP contribution in [0.25, 0.3) is 0 Å². The van der Waals surface area contributed by atoms with Crippen molar-refractivity contribution in [3.8, 4) is 0 Å². The van der Waals surface area contributed by atoms with Crippen LogP contribution in [0.1, 0.15) is 61.5 Å². The fraction of sp³-hybridized carbons (Fsp3) is 0.450. The largest absolute Gasteiger partial charge is 0.464 e. The fourth-order valence-corrected chi connectivity index (χ4v) is 4.27. The average Bonchev–Trinajstić information content (AvgIpc) is 3.26. The van der Waals surface area contributed by atoms with Crippen LogP contribution in [0.15, 0.2) is 17.5 Å². The van der Waals surface area contributed by atoms with Gasteiger partial charge < -0.3 is 14.2 Å². The number of nitrogens with zero attached hydrogens (tertiary/aromatic N) is 2. The molecule has 2 heterocycles. The Hall–Kier alpha value is -2.41. The number of Topliss-reactive ketones (excluding diaryl/α,β-unsaturated/α-hetero) is 1. The zero-order valence-electron chi connectivity index (χ0n) is 16.2. The van der Waals surface area contributed by atoms with Gasteiger partial charge in [-0.05, 0) is 50.6 Å². The van der Waals surface area contributed by atoms with Gasteiger partial charge in [0.2, 0.25) is 0 Å². The summed E-state index contributed by atoms with van der Waals surface area (Å²) in [5.41, 5.74) is 2.16. The van der Waals surface area contributed by atoms with Crippen LogP contribution < -0.4 is 0 Å². The molecule has 0 spiro atoms. The van der Waals surface area contributed by atoms with Crippen molar-refractivity contribution in [1.82, 2.24) is 9.47 Å². The number of esters is 1. The second-order valence-corrected chi connectivity index (χ2v) is 7.89. The van der Waals surface area contributed by atoms with Crippen molar-refractivity contribution < 1.29 is 19.1 Å². The molecular weight excluding hydrogens is 364 g/mol. The van der Waals surface area contributed by atoms with E-state index in [4.69, 9.17) is 4.74 Å². The number of thiophene rings is 1. The zero-order valence-corrected chi connectivity index (χ0v) is 17.1. The van der Waals surface area contributed by atoms with E-state index < -0.39 is 12.0 Å². The molecule has 1 atom stereocenters. The Bertz CT molecular complexity index is 894. The van der Waals surface area contributed by atoms with Gasteiger partial charge in [-0.25, -0.2) is 4.79 Å². The fourth-order valence-electron chi connectivity index (χ4n) is 3.60. The Kier molecular flexibility index (Phi) is 5.24. The molecule has 0 N–H and O–H groups in total. The lowest BCUT2D eigenvalue weighted by Gasteiger charge is -2.28. The molecule has 0 aromatic carbocycles. The van der Waals surface area contributed by atoms with E-state index in [9.17, 15) is 14.4 Å². The van der Waals surface area contributed by atoms with E-state index in [0.29, 0.717) is 27.4 Å². The summed E-state index contributed by atoms with van der Waals surface area (Å²) >= 11 is 1.38. The summed E-state index contributed by atoms with van der Waals surface area (Å²) in [5, 5.41) is 1.86. The number of amides is 1. The van der Waals surface area contributed by atoms with Gasteiger partial charge in [-0.3, -0.25) is 9.59 Å². The monoisotopic (exact) mass is 388 g/mol. The molecule has 6 nitrogen and oxygen atoms in total. The first-order valence-corrected chi connectivity index (χ1v) is 9.82. The number of methoxy groups -OCH3 is 1. The van der Waals surface area contributed by atoms with Crippen molar-refractivity contribution in [3.05, 3.63) is 44.9 Å². The smallest absolute Gasteiger partial charge is 0.354 e. The van der Waals surface area contributed by atoms with E-state index >= 15 is 0 Å². The van der Waals surface area contributed by atoms with Gasteiger partial charge in [0.25, 0.3) is 5.91 Å². The van der Waals surface area contributed by atoms with Crippen molar-refractivity contribution in [2.45, 2.75) is 45.7 Å². The predicted octanol–water partition coefficient (Wildman–Crippen LogP) is 3.37. The predicted molar refractivity (Wildman–Crippen MR) is 104 cm³/mol. The first kappa shape index (κ1) is 19.4. The first-order valence-electron chi connectivity index (χ1n) is 8.94. The van der Waals surface area contributed by atoms with Gasteiger partial charge in [0.15, 0.2) is 5.78 Å². The van der Waals surface area contributed by atoms with Crippen molar-refractivity contribution in [3.63, 3.8) is 0 Å². The number of rotatable bonds is 6. The lowest BCUT2D eigenvalue weighted by molar-refractivity contribution is 0.0587. The number of ether oxygens (including phenoxy) is 1. The van der Waals surface area contributed by atoms with Crippen LogP contribution in [0.3, 0.4) is 0 Å². The molecule has 3 rings (SSSR count). The molecule has 0 unspecified atom stereocenters. The quantitative estimate of drug-likeness (QED) is 0.562. The van der Waals surface area contributed by atoms with Gasteiger partial charge in [-0.15, -0.1) is 11.3 Å². The maximum atomic E-state index is 13.4. The van der Waals surface area contributed by atoms with Crippen molar-refractivity contribution in [2.75, 3.05) is 7.11 Å². The minimum Gasteiger partial charge on any atom is -0.464 e. The highest BCUT2D eigenvalue weighted by Crippen LogP contribution is 2.33. The Morgan fingerprint density at radius 3 is 2.48 bits per heavy atom. The minimum absolute atomic E-state index is 0.1000. The maximum Gasteiger partial charge on any atom is 0.354 e. The molecule has 1 aliphatic carbocycles. The molecule has 1 saturated carbocycles. The van der Waals surface area contributed by atoms with Gasteiger partial charge >= 0.3 is 5.97 Å². The summed E-state index contributed by atoms with van der Waals surface area (Å²) < 4.78 is 6.54. The molecule has 1 amide bonds. The molecule has 0 bridgehead atoms. The minimum atomic E-state index is -0.600. The summed E-state index contributed by atoms with van der Waals surface area (Å²) in [6.45, 7) is 5.33. The van der Waals surface area contributed by atoms with Gasteiger partial charge in [0, 0.05) is 24.3 Å². The Morgan fingerprint density at radius 2 is 1.96 bits per heavy atom. The molecule has 144 valence electrons. The summed E-state index contributed by atoms with van der Waals surface area (Å²) in [5.74, 6) is -0.723. The first-order chi connectivity index (χ1) is 12.8. The van der Waals surface area contributed by atoms with Crippen LogP contribution in [0.5, 0.6) is 0 Å². The molecule has 1 aliphatic rings. The molecule has 0 radical (unpaired) electrons. The Balaban J connectivity index is 1.97. The van der Waals surface area contributed by atoms with Gasteiger partial charge in [-0.2, -0.15) is 0 Å². The van der Waals surface area contributed by atoms with Gasteiger partial charge in [0.1, 0.15) is 5.69 Å². The number of carbonyl (C=O) groups excluding carboxylic acids is 3. The van der Waals surface area contributed by atoms with Crippen LogP contribution in [0, 0.1) is 13.8 Å². The average molecular weight is 388 g/mol. The van der Waals surface area contributed by atoms with Crippen molar-refractivity contribution in [2.24, 2.45) is 7.05 Å². The molecule has 1 fully saturated rings. The molecule has 0 saturated heterocycles. The van der Waals surface area contributed by atoms with Crippen molar-refractivity contribution in [1.29, 1.82) is 0 Å². The number of carbonyl (C=O) groups is 3. The molecule has 7 heteroatoms. The molecule has 2 aromatic heterocycles. The number of hydrogen-bond donors (Lipinski definition) is 0. The zero-order chi connectivity index (χ0) is 19.9. The molecule has 0 aliphatic heterocycles. The Morgan fingerprint density at radius 1 is 1.30 bits per heavy atom. The van der Waals surface area contributed by atoms with E-state index in [1.165, 1.54) is 18.4 Å². The van der Waals surface area contributed by atoms with E-state index in [1.54, 1.807) is 36.4 Å². The summed E-state index contributed by atoms with van der Waals surface area (Å²) in [4.78, 5) is 40.8. The van der Waals surface area contributed by atoms with E-state index in [0.717, 1.165) is 12.8 Å². The summed E-state index contributed by atoms with van der Waals surface area (Å²) in [6.07, 6.45) is 1.82. The third-order valence-corrected chi connectivity index (χ3v) is 6.12. The summed E-state index contributed by atoms with van der Waals surface area (Å²) in [6, 6.07) is 3.12. The van der Waals surface area contributed by atoms with Gasteiger partial charge in [-0.1, -0.05) is 6.07 Å². The molecular formula is C20H24N2O4S. The highest BCUT2D eigenvalue weighted by molar-refractivity contribution is 7.12. The van der Waals surface area contributed by atoms with Crippen LogP contribution in [-0.4, -0.2) is 46.3 Å². The van der Waals surface area contributed by atoms with E-state index in [1.807, 2.05) is 18.4 Å². The Labute approximate surface area is 162 Å². The SMILES string of the molecule is COC(=O)c1c(C)c(C(=O)[C@H](C)N(C(=O)c2cccs2)C2CC2)c(C)n1C. The normalized spacial score (nSPS) is 14.7. The maximum absolute atomic E-state index is 13.4. The summed E-state index contributed by atoms with van der Waals surface area (Å²) in [7, 11) is 3.06.